The van der Waals surface area contributed by atoms with E-state index < -0.39 is 0 Å². The Morgan fingerprint density at radius 3 is 2.33 bits per heavy atom. The molecule has 0 bridgehead atoms. The zero-order chi connectivity index (χ0) is 21.7. The molecule has 0 saturated carbocycles. The molecule has 2 N–H and O–H groups in total. The van der Waals surface area contributed by atoms with Crippen LogP contribution >= 0.6 is 0 Å². The molecule has 0 saturated heterocycles. The van der Waals surface area contributed by atoms with E-state index in [1.165, 1.54) is 0 Å². The van der Waals surface area contributed by atoms with Crippen LogP contribution in [0.3, 0.4) is 0 Å². The lowest BCUT2D eigenvalue weighted by atomic mass is 10.1. The highest BCUT2D eigenvalue weighted by Gasteiger charge is 2.17. The second-order valence-corrected chi connectivity index (χ2v) is 7.68. The number of rotatable bonds is 7. The lowest BCUT2D eigenvalue weighted by Crippen LogP contribution is -2.39. The van der Waals surface area contributed by atoms with E-state index in [-0.39, 0.29) is 30.9 Å². The molecule has 160 valence electrons. The van der Waals surface area contributed by atoms with Gasteiger partial charge in [-0.3, -0.25) is 14.5 Å². The second kappa shape index (κ2) is 9.63. The maximum absolute atomic E-state index is 12.4. The summed E-state index contributed by atoms with van der Waals surface area (Å²) in [6.45, 7) is 7.14. The summed E-state index contributed by atoms with van der Waals surface area (Å²) in [6, 6.07) is 11.3. The summed E-state index contributed by atoms with van der Waals surface area (Å²) in [5.74, 6) is 1.11. The number of hydrogen-bond donors (Lipinski definition) is 2. The minimum atomic E-state index is -0.190. The smallest absolute Gasteiger partial charge is 0.238 e. The average Bonchev–Trinajstić information content (AvgIpc) is 2.70. The number of benzene rings is 2. The van der Waals surface area contributed by atoms with Crippen LogP contribution in [0.4, 0.5) is 5.69 Å². The first kappa shape index (κ1) is 21.6. The number of hydrogen-bond acceptors (Lipinski definition) is 5. The Morgan fingerprint density at radius 2 is 1.63 bits per heavy atom. The highest BCUT2D eigenvalue weighted by atomic mass is 16.6. The zero-order valence-corrected chi connectivity index (χ0v) is 18.0. The first-order valence-electron chi connectivity index (χ1n) is 10.1. The molecule has 7 nitrogen and oxygen atoms in total. The Balaban J connectivity index is 1.50. The summed E-state index contributed by atoms with van der Waals surface area (Å²) in [5.41, 5.74) is 3.78. The van der Waals surface area contributed by atoms with Gasteiger partial charge in [0.05, 0.1) is 19.1 Å². The van der Waals surface area contributed by atoms with Crippen molar-refractivity contribution in [3.8, 4) is 11.5 Å². The number of aryl methyl sites for hydroxylation is 2. The molecule has 3 rings (SSSR count). The average molecular weight is 412 g/mol. The quantitative estimate of drug-likeness (QED) is 0.732. The van der Waals surface area contributed by atoms with Gasteiger partial charge >= 0.3 is 0 Å². The predicted octanol–water partition coefficient (Wildman–Crippen LogP) is 2.82. The van der Waals surface area contributed by atoms with E-state index in [0.29, 0.717) is 19.0 Å². The van der Waals surface area contributed by atoms with Crippen LogP contribution in [-0.2, 0) is 9.59 Å². The number of amides is 2. The Bertz CT molecular complexity index is 908. The van der Waals surface area contributed by atoms with Crippen molar-refractivity contribution in [2.75, 3.05) is 38.7 Å². The van der Waals surface area contributed by atoms with Crippen molar-refractivity contribution in [2.24, 2.45) is 0 Å². The number of anilines is 1. The fourth-order valence-corrected chi connectivity index (χ4v) is 3.44. The monoisotopic (exact) mass is 411 g/mol. The van der Waals surface area contributed by atoms with E-state index >= 15 is 0 Å². The normalized spacial score (nSPS) is 13.6. The Kier molecular flexibility index (Phi) is 6.95. The molecule has 7 heteroatoms. The number of ether oxygens (including phenoxy) is 2. The number of carbonyl (C=O) groups is 2. The van der Waals surface area contributed by atoms with Crippen molar-refractivity contribution >= 4 is 17.5 Å². The molecule has 2 amide bonds. The summed E-state index contributed by atoms with van der Waals surface area (Å²) in [7, 11) is 1.75. The van der Waals surface area contributed by atoms with Crippen LogP contribution in [0, 0.1) is 13.8 Å². The van der Waals surface area contributed by atoms with Gasteiger partial charge in [-0.15, -0.1) is 0 Å². The van der Waals surface area contributed by atoms with E-state index in [1.54, 1.807) is 11.9 Å². The molecule has 2 aromatic rings. The maximum Gasteiger partial charge on any atom is 0.238 e. The molecule has 1 aliphatic heterocycles. The molecule has 0 aromatic heterocycles. The number of fused-ring (bicyclic) bond motifs is 1. The van der Waals surface area contributed by atoms with Crippen molar-refractivity contribution in [3.05, 3.63) is 53.1 Å². The molecule has 0 unspecified atom stereocenters. The number of nitrogens with zero attached hydrogens (tertiary/aromatic N) is 1. The molecule has 1 atom stereocenters. The highest BCUT2D eigenvalue weighted by molar-refractivity contribution is 5.94. The molecule has 2 aromatic carbocycles. The van der Waals surface area contributed by atoms with Gasteiger partial charge in [-0.25, -0.2) is 0 Å². The fourth-order valence-electron chi connectivity index (χ4n) is 3.44. The van der Waals surface area contributed by atoms with Crippen molar-refractivity contribution in [1.82, 2.24) is 10.2 Å². The number of carbonyl (C=O) groups excluding carboxylic acids is 2. The van der Waals surface area contributed by atoms with Gasteiger partial charge in [0.15, 0.2) is 11.5 Å². The van der Waals surface area contributed by atoms with Gasteiger partial charge in [-0.2, -0.15) is 0 Å². The third-order valence-corrected chi connectivity index (χ3v) is 5.02. The second-order valence-electron chi connectivity index (χ2n) is 7.68. The van der Waals surface area contributed by atoms with Gasteiger partial charge in [0.25, 0.3) is 0 Å². The van der Waals surface area contributed by atoms with E-state index in [0.717, 1.165) is 28.1 Å². The molecule has 1 heterocycles. The Hall–Kier alpha value is -3.06. The van der Waals surface area contributed by atoms with E-state index in [9.17, 15) is 9.59 Å². The SMILES string of the molecule is Cc1cccc(C)c1NC(=O)CN(C)CC(=O)N[C@@H](C)c1ccc2c(c1)OCCO2. The van der Waals surface area contributed by atoms with Gasteiger partial charge in [0.2, 0.25) is 11.8 Å². The molecular formula is C23H29N3O4. The number of likely N-dealkylation sites (N-methyl/N-ethyl adjacent to an activating group) is 1. The van der Waals surface area contributed by atoms with Crippen LogP contribution in [0.5, 0.6) is 11.5 Å². The molecule has 0 aliphatic carbocycles. The van der Waals surface area contributed by atoms with Crippen LogP contribution in [0.25, 0.3) is 0 Å². The molecule has 0 radical (unpaired) electrons. The van der Waals surface area contributed by atoms with E-state index in [1.807, 2.05) is 57.2 Å². The van der Waals surface area contributed by atoms with E-state index in [2.05, 4.69) is 10.6 Å². The molecule has 1 aliphatic rings. The first-order valence-corrected chi connectivity index (χ1v) is 10.1. The van der Waals surface area contributed by atoms with Crippen LogP contribution in [0.15, 0.2) is 36.4 Å². The van der Waals surface area contributed by atoms with Gasteiger partial charge < -0.3 is 20.1 Å². The third kappa shape index (κ3) is 5.51. The minimum absolute atomic E-state index is 0.120. The van der Waals surface area contributed by atoms with Crippen LogP contribution in [0.2, 0.25) is 0 Å². The van der Waals surface area contributed by atoms with Crippen LogP contribution < -0.4 is 20.1 Å². The van der Waals surface area contributed by atoms with Crippen molar-refractivity contribution in [3.63, 3.8) is 0 Å². The standard InChI is InChI=1S/C23H29N3O4/c1-15-6-5-7-16(2)23(15)25-22(28)14-26(4)13-21(27)24-17(3)18-8-9-19-20(12-18)30-11-10-29-19/h5-9,12,17H,10-11,13-14H2,1-4H3,(H,24,27)(H,25,28)/t17-/m0/s1. The number of nitrogens with one attached hydrogen (secondary N) is 2. The summed E-state index contributed by atoms with van der Waals surface area (Å²) < 4.78 is 11.1. The Labute approximate surface area is 177 Å². The topological polar surface area (TPSA) is 79.9 Å². The fraction of sp³-hybridized carbons (Fsp3) is 0.391. The van der Waals surface area contributed by atoms with Crippen LogP contribution in [0.1, 0.15) is 29.7 Å². The summed E-state index contributed by atoms with van der Waals surface area (Å²) in [6.07, 6.45) is 0. The summed E-state index contributed by atoms with van der Waals surface area (Å²) in [4.78, 5) is 26.5. The molecular weight excluding hydrogens is 382 g/mol. The van der Waals surface area contributed by atoms with E-state index in [4.69, 9.17) is 9.47 Å². The lowest BCUT2D eigenvalue weighted by molar-refractivity contribution is -0.123. The first-order chi connectivity index (χ1) is 14.3. The minimum Gasteiger partial charge on any atom is -0.486 e. The van der Waals surface area contributed by atoms with Crippen molar-refractivity contribution < 1.29 is 19.1 Å². The zero-order valence-electron chi connectivity index (χ0n) is 18.0. The number of para-hydroxylation sites is 1. The largest absolute Gasteiger partial charge is 0.486 e. The van der Waals surface area contributed by atoms with Crippen LogP contribution in [-0.4, -0.2) is 50.1 Å². The molecule has 0 fully saturated rings. The van der Waals surface area contributed by atoms with Gasteiger partial charge in [-0.05, 0) is 56.6 Å². The summed E-state index contributed by atoms with van der Waals surface area (Å²) >= 11 is 0. The third-order valence-electron chi connectivity index (χ3n) is 5.02. The Morgan fingerprint density at radius 1 is 1.00 bits per heavy atom. The molecule has 0 spiro atoms. The highest BCUT2D eigenvalue weighted by Crippen LogP contribution is 2.32. The van der Waals surface area contributed by atoms with Crippen molar-refractivity contribution in [1.29, 1.82) is 0 Å². The molecule has 30 heavy (non-hydrogen) atoms. The maximum atomic E-state index is 12.4. The van der Waals surface area contributed by atoms with Crippen molar-refractivity contribution in [2.45, 2.75) is 26.8 Å². The van der Waals surface area contributed by atoms with Gasteiger partial charge in [-0.1, -0.05) is 24.3 Å². The van der Waals surface area contributed by atoms with Gasteiger partial charge in [0.1, 0.15) is 13.2 Å². The summed E-state index contributed by atoms with van der Waals surface area (Å²) in [5, 5.41) is 5.91. The lowest BCUT2D eigenvalue weighted by Gasteiger charge is -2.22. The predicted molar refractivity (Wildman–Crippen MR) is 116 cm³/mol. The van der Waals surface area contributed by atoms with Gasteiger partial charge in [0, 0.05) is 5.69 Å².